The van der Waals surface area contributed by atoms with Crippen molar-refractivity contribution in [1.82, 2.24) is 0 Å². The topological polar surface area (TPSA) is 72.8 Å². The minimum atomic E-state index is -1.44. The van der Waals surface area contributed by atoms with Crippen LogP contribution in [0.15, 0.2) is 18.2 Å². The third kappa shape index (κ3) is 3.36. The van der Waals surface area contributed by atoms with Crippen molar-refractivity contribution in [3.05, 3.63) is 29.3 Å². The van der Waals surface area contributed by atoms with Gasteiger partial charge in [-0.1, -0.05) is 6.92 Å². The Hall–Kier alpha value is -1.88. The largest absolute Gasteiger partial charge is 0.475 e. The molecule has 0 saturated carbocycles. The molecule has 5 heteroatoms. The molecular weight excluding hydrogens is 260 g/mol. The van der Waals surface area contributed by atoms with Gasteiger partial charge in [0.25, 0.3) is 5.78 Å². The van der Waals surface area contributed by atoms with E-state index in [1.165, 1.54) is 6.07 Å². The molecule has 0 aromatic heterocycles. The molecule has 5 nitrogen and oxygen atoms in total. The van der Waals surface area contributed by atoms with E-state index in [9.17, 15) is 9.59 Å². The Bertz CT molecular complexity index is 503. The molecule has 0 radical (unpaired) electrons. The maximum Gasteiger partial charge on any atom is 0.377 e. The first kappa shape index (κ1) is 14.5. The average molecular weight is 278 g/mol. The monoisotopic (exact) mass is 278 g/mol. The second-order valence-corrected chi connectivity index (χ2v) is 4.72. The Morgan fingerprint density at radius 3 is 2.80 bits per heavy atom. The lowest BCUT2D eigenvalue weighted by molar-refractivity contribution is -0.131. The first-order valence-corrected chi connectivity index (χ1v) is 6.80. The van der Waals surface area contributed by atoms with Gasteiger partial charge in [0.1, 0.15) is 5.75 Å². The molecule has 0 aliphatic carbocycles. The molecule has 1 atom stereocenters. The Morgan fingerprint density at radius 2 is 2.20 bits per heavy atom. The van der Waals surface area contributed by atoms with Gasteiger partial charge in [-0.3, -0.25) is 4.79 Å². The highest BCUT2D eigenvalue weighted by Crippen LogP contribution is 2.23. The molecule has 1 fully saturated rings. The van der Waals surface area contributed by atoms with E-state index in [1.807, 2.05) is 6.92 Å². The van der Waals surface area contributed by atoms with Crippen molar-refractivity contribution in [2.75, 3.05) is 6.61 Å². The molecule has 0 bridgehead atoms. The van der Waals surface area contributed by atoms with E-state index >= 15 is 0 Å². The molecule has 1 aliphatic rings. The summed E-state index contributed by atoms with van der Waals surface area (Å²) in [6.07, 6.45) is 3.27. The summed E-state index contributed by atoms with van der Waals surface area (Å²) in [5, 5.41) is 8.78. The van der Waals surface area contributed by atoms with Gasteiger partial charge in [-0.25, -0.2) is 4.79 Å². The lowest BCUT2D eigenvalue weighted by Gasteiger charge is -2.23. The fourth-order valence-corrected chi connectivity index (χ4v) is 2.23. The number of ketones is 1. The molecule has 0 spiro atoms. The summed E-state index contributed by atoms with van der Waals surface area (Å²) >= 11 is 0. The number of carbonyl (C=O) groups is 2. The summed E-state index contributed by atoms with van der Waals surface area (Å²) in [5.41, 5.74) is 0.891. The SMILES string of the molecule is CCc1cc(O[C@@H]2CCCCO2)ccc1C(=O)C(=O)O. The zero-order chi connectivity index (χ0) is 14.5. The van der Waals surface area contributed by atoms with Gasteiger partial charge in [0, 0.05) is 12.0 Å². The molecule has 1 saturated heterocycles. The van der Waals surface area contributed by atoms with Gasteiger partial charge in [-0.05, 0) is 43.0 Å². The van der Waals surface area contributed by atoms with Crippen LogP contribution in [0.3, 0.4) is 0 Å². The van der Waals surface area contributed by atoms with Crippen LogP contribution in [0.4, 0.5) is 0 Å². The van der Waals surface area contributed by atoms with E-state index in [0.717, 1.165) is 19.3 Å². The molecule has 1 aromatic carbocycles. The van der Waals surface area contributed by atoms with Crippen LogP contribution >= 0.6 is 0 Å². The maximum atomic E-state index is 11.6. The molecule has 1 aromatic rings. The number of aliphatic carboxylic acids is 1. The number of carbonyl (C=O) groups excluding carboxylic acids is 1. The summed E-state index contributed by atoms with van der Waals surface area (Å²) in [7, 11) is 0. The van der Waals surface area contributed by atoms with Crippen molar-refractivity contribution in [1.29, 1.82) is 0 Å². The zero-order valence-corrected chi connectivity index (χ0v) is 11.4. The zero-order valence-electron chi connectivity index (χ0n) is 11.4. The standard InChI is InChI=1S/C15H18O5/c1-2-10-9-11(20-13-5-3-4-8-19-13)6-7-12(10)14(16)15(17)18/h6-7,9,13H,2-5,8H2,1H3,(H,17,18)/t13-/m1/s1. The van der Waals surface area contributed by atoms with Crippen LogP contribution in [0.1, 0.15) is 42.1 Å². The summed E-state index contributed by atoms with van der Waals surface area (Å²) in [6, 6.07) is 4.84. The summed E-state index contributed by atoms with van der Waals surface area (Å²) in [5.74, 6) is -1.72. The molecule has 0 unspecified atom stereocenters. The van der Waals surface area contributed by atoms with E-state index in [1.54, 1.807) is 12.1 Å². The first-order valence-electron chi connectivity index (χ1n) is 6.80. The van der Waals surface area contributed by atoms with Crippen LogP contribution < -0.4 is 4.74 Å². The van der Waals surface area contributed by atoms with Crippen molar-refractivity contribution in [2.24, 2.45) is 0 Å². The third-order valence-corrected chi connectivity index (χ3v) is 3.30. The number of hydrogen-bond acceptors (Lipinski definition) is 4. The Balaban J connectivity index is 2.16. The van der Waals surface area contributed by atoms with Gasteiger partial charge in [0.05, 0.1) is 6.61 Å². The second kappa shape index (κ2) is 6.52. The number of ether oxygens (including phenoxy) is 2. The van der Waals surface area contributed by atoms with Crippen LogP contribution in [-0.2, 0) is 16.0 Å². The lowest BCUT2D eigenvalue weighted by atomic mass is 10.0. The minimum absolute atomic E-state index is 0.219. The van der Waals surface area contributed by atoms with Crippen LogP contribution in [0.25, 0.3) is 0 Å². The normalized spacial score (nSPS) is 18.6. The van der Waals surface area contributed by atoms with Crippen molar-refractivity contribution < 1.29 is 24.2 Å². The highest BCUT2D eigenvalue weighted by molar-refractivity contribution is 6.40. The number of hydrogen-bond donors (Lipinski definition) is 1. The van der Waals surface area contributed by atoms with Crippen molar-refractivity contribution in [2.45, 2.75) is 38.9 Å². The molecule has 20 heavy (non-hydrogen) atoms. The van der Waals surface area contributed by atoms with E-state index < -0.39 is 11.8 Å². The van der Waals surface area contributed by atoms with Crippen LogP contribution in [0, 0.1) is 0 Å². The highest BCUT2D eigenvalue weighted by atomic mass is 16.7. The van der Waals surface area contributed by atoms with Gasteiger partial charge < -0.3 is 14.6 Å². The molecule has 2 rings (SSSR count). The molecule has 108 valence electrons. The highest BCUT2D eigenvalue weighted by Gasteiger charge is 2.20. The fourth-order valence-electron chi connectivity index (χ4n) is 2.23. The number of rotatable bonds is 5. The molecule has 0 amide bonds. The Kier molecular flexibility index (Phi) is 4.74. The summed E-state index contributed by atoms with van der Waals surface area (Å²) in [6.45, 7) is 2.57. The van der Waals surface area contributed by atoms with Crippen molar-refractivity contribution in [3.8, 4) is 5.75 Å². The Labute approximate surface area is 117 Å². The van der Waals surface area contributed by atoms with Gasteiger partial charge >= 0.3 is 5.97 Å². The molecule has 1 heterocycles. The van der Waals surface area contributed by atoms with Crippen LogP contribution in [-0.4, -0.2) is 29.8 Å². The van der Waals surface area contributed by atoms with Crippen molar-refractivity contribution in [3.63, 3.8) is 0 Å². The predicted molar refractivity (Wildman–Crippen MR) is 72.0 cm³/mol. The predicted octanol–water partition coefficient (Wildman–Crippen LogP) is 2.42. The van der Waals surface area contributed by atoms with Crippen LogP contribution in [0.5, 0.6) is 5.75 Å². The van der Waals surface area contributed by atoms with Gasteiger partial charge in [0.2, 0.25) is 0 Å². The van der Waals surface area contributed by atoms with E-state index in [-0.39, 0.29) is 11.9 Å². The molecule has 1 N–H and O–H groups in total. The van der Waals surface area contributed by atoms with E-state index in [4.69, 9.17) is 14.6 Å². The average Bonchev–Trinajstić information content (AvgIpc) is 2.47. The number of Topliss-reactive ketones (excluding diaryl/α,β-unsaturated/α-hetero) is 1. The maximum absolute atomic E-state index is 11.6. The van der Waals surface area contributed by atoms with Gasteiger partial charge in [-0.15, -0.1) is 0 Å². The van der Waals surface area contributed by atoms with Gasteiger partial charge in [-0.2, -0.15) is 0 Å². The number of carboxylic acids is 1. The van der Waals surface area contributed by atoms with Crippen molar-refractivity contribution >= 4 is 11.8 Å². The van der Waals surface area contributed by atoms with E-state index in [2.05, 4.69) is 0 Å². The fraction of sp³-hybridized carbons (Fsp3) is 0.467. The number of carboxylic acid groups (broad SMARTS) is 1. The lowest BCUT2D eigenvalue weighted by Crippen LogP contribution is -2.25. The molecular formula is C15H18O5. The summed E-state index contributed by atoms with van der Waals surface area (Å²) in [4.78, 5) is 22.3. The quantitative estimate of drug-likeness (QED) is 0.661. The van der Waals surface area contributed by atoms with E-state index in [0.29, 0.717) is 24.3 Å². The summed E-state index contributed by atoms with van der Waals surface area (Å²) < 4.78 is 11.2. The van der Waals surface area contributed by atoms with Crippen LogP contribution in [0.2, 0.25) is 0 Å². The smallest absolute Gasteiger partial charge is 0.377 e. The minimum Gasteiger partial charge on any atom is -0.475 e. The van der Waals surface area contributed by atoms with Gasteiger partial charge in [0.15, 0.2) is 6.29 Å². The first-order chi connectivity index (χ1) is 9.61. The second-order valence-electron chi connectivity index (χ2n) is 4.72. The third-order valence-electron chi connectivity index (χ3n) is 3.30. The number of benzene rings is 1. The molecule has 1 aliphatic heterocycles. The Morgan fingerprint density at radius 1 is 1.40 bits per heavy atom. The number of aryl methyl sites for hydroxylation is 1.